The Balaban J connectivity index is 1.62. The molecule has 0 bridgehead atoms. The lowest BCUT2D eigenvalue weighted by Crippen LogP contribution is -2.41. The minimum absolute atomic E-state index is 0.0700. The van der Waals surface area contributed by atoms with Gasteiger partial charge in [-0.25, -0.2) is 13.1 Å². The van der Waals surface area contributed by atoms with E-state index in [0.717, 1.165) is 12.1 Å². The highest BCUT2D eigenvalue weighted by Gasteiger charge is 2.33. The highest BCUT2D eigenvalue weighted by molar-refractivity contribution is 7.89. The number of aromatic nitrogens is 2. The minimum atomic E-state index is -4.15. The van der Waals surface area contributed by atoms with E-state index in [9.17, 15) is 23.3 Å². The van der Waals surface area contributed by atoms with E-state index in [-0.39, 0.29) is 29.3 Å². The second kappa shape index (κ2) is 10.3. The number of rotatable bonds is 8. The molecule has 1 aliphatic carbocycles. The molecule has 38 heavy (non-hydrogen) atoms. The molecule has 1 saturated heterocycles. The maximum Gasteiger partial charge on any atom is 0.274 e. The molecule has 3 aromatic rings. The summed E-state index contributed by atoms with van der Waals surface area (Å²) < 4.78 is 41.7. The topological polar surface area (TPSA) is 146 Å². The maximum absolute atomic E-state index is 13.3. The van der Waals surface area contributed by atoms with E-state index in [4.69, 9.17) is 21.1 Å². The Labute approximate surface area is 223 Å². The van der Waals surface area contributed by atoms with Gasteiger partial charge in [0.25, 0.3) is 11.6 Å². The monoisotopic (exact) mass is 561 g/mol. The van der Waals surface area contributed by atoms with E-state index >= 15 is 0 Å². The van der Waals surface area contributed by atoms with Gasteiger partial charge in [-0.15, -0.1) is 0 Å². The third-order valence-corrected chi connectivity index (χ3v) is 7.93. The Bertz CT molecular complexity index is 1510. The molecule has 2 heterocycles. The van der Waals surface area contributed by atoms with Crippen LogP contribution in [0, 0.1) is 17.0 Å². The number of benzene rings is 2. The van der Waals surface area contributed by atoms with Crippen LogP contribution in [-0.4, -0.2) is 66.3 Å². The molecule has 2 aliphatic rings. The predicted molar refractivity (Wildman–Crippen MR) is 137 cm³/mol. The van der Waals surface area contributed by atoms with Crippen molar-refractivity contribution in [3.63, 3.8) is 0 Å². The third kappa shape index (κ3) is 5.36. The number of ether oxygens (including phenoxy) is 2. The number of sulfonamides is 1. The normalized spacial score (nSPS) is 15.9. The number of hydrogen-bond acceptors (Lipinski definition) is 8. The summed E-state index contributed by atoms with van der Waals surface area (Å²) in [5.41, 5.74) is 0.540. The summed E-state index contributed by atoms with van der Waals surface area (Å²) in [6, 6.07) is 9.79. The van der Waals surface area contributed by atoms with Crippen molar-refractivity contribution in [3.05, 3.63) is 68.9 Å². The zero-order valence-electron chi connectivity index (χ0n) is 20.3. The minimum Gasteiger partial charge on any atom is -0.437 e. The first-order chi connectivity index (χ1) is 18.1. The molecule has 1 amide bonds. The van der Waals surface area contributed by atoms with Crippen molar-refractivity contribution in [2.75, 3.05) is 26.3 Å². The van der Waals surface area contributed by atoms with Gasteiger partial charge in [0.15, 0.2) is 5.69 Å². The van der Waals surface area contributed by atoms with Crippen LogP contribution in [0.5, 0.6) is 11.6 Å². The molecule has 200 valence electrons. The number of nitro groups is 1. The fraction of sp³-hybridized carbons (Fsp3) is 0.333. The van der Waals surface area contributed by atoms with Crippen molar-refractivity contribution in [2.24, 2.45) is 0 Å². The number of amides is 1. The molecule has 1 saturated carbocycles. The van der Waals surface area contributed by atoms with Crippen molar-refractivity contribution >= 4 is 33.2 Å². The van der Waals surface area contributed by atoms with Crippen molar-refractivity contribution < 1.29 is 27.6 Å². The Morgan fingerprint density at radius 3 is 2.61 bits per heavy atom. The molecule has 0 atom stereocenters. The van der Waals surface area contributed by atoms with E-state index in [0.29, 0.717) is 55.4 Å². The van der Waals surface area contributed by atoms with Crippen molar-refractivity contribution in [1.82, 2.24) is 19.4 Å². The average molecular weight is 562 g/mol. The first-order valence-electron chi connectivity index (χ1n) is 11.9. The molecule has 2 fully saturated rings. The maximum atomic E-state index is 13.3. The van der Waals surface area contributed by atoms with Gasteiger partial charge >= 0.3 is 0 Å². The van der Waals surface area contributed by atoms with Gasteiger partial charge in [0.05, 0.1) is 23.8 Å². The van der Waals surface area contributed by atoms with Crippen molar-refractivity contribution in [1.29, 1.82) is 0 Å². The molecular formula is C24H24ClN5O7S. The van der Waals surface area contributed by atoms with Crippen LogP contribution in [0.4, 0.5) is 5.69 Å². The van der Waals surface area contributed by atoms with Gasteiger partial charge in [0.2, 0.25) is 15.9 Å². The van der Waals surface area contributed by atoms with Crippen LogP contribution >= 0.6 is 11.6 Å². The largest absolute Gasteiger partial charge is 0.437 e. The number of nitrogens with one attached hydrogen (secondary N) is 1. The quantitative estimate of drug-likeness (QED) is 0.325. The molecule has 5 rings (SSSR count). The Hall–Kier alpha value is -3.52. The highest BCUT2D eigenvalue weighted by atomic mass is 35.5. The van der Waals surface area contributed by atoms with Gasteiger partial charge in [-0.05, 0) is 44.0 Å². The van der Waals surface area contributed by atoms with E-state index in [1.165, 1.54) is 10.7 Å². The van der Waals surface area contributed by atoms with Gasteiger partial charge in [-0.2, -0.15) is 9.78 Å². The Morgan fingerprint density at radius 1 is 1.21 bits per heavy atom. The van der Waals surface area contributed by atoms with E-state index in [1.54, 1.807) is 36.1 Å². The first kappa shape index (κ1) is 26.1. The highest BCUT2D eigenvalue weighted by Crippen LogP contribution is 2.37. The fourth-order valence-corrected chi connectivity index (χ4v) is 5.63. The number of nitro benzene ring substituents is 1. The molecule has 0 radical (unpaired) electrons. The van der Waals surface area contributed by atoms with Gasteiger partial charge in [-0.3, -0.25) is 14.9 Å². The summed E-state index contributed by atoms with van der Waals surface area (Å²) in [5, 5.41) is 16.3. The SMILES string of the molecule is Cc1c(C(=O)N2CCOCC2)nn(-c2cccc(Cl)c2)c1Oc1ccc([N+](=O)[O-])cc1S(=O)(=O)NC1CC1. The summed E-state index contributed by atoms with van der Waals surface area (Å²) in [5.74, 6) is -0.413. The van der Waals surface area contributed by atoms with Gasteiger partial charge in [-0.1, -0.05) is 17.7 Å². The van der Waals surface area contributed by atoms with Crippen LogP contribution in [0.2, 0.25) is 5.02 Å². The Morgan fingerprint density at radius 2 is 1.95 bits per heavy atom. The number of nitrogens with zero attached hydrogens (tertiary/aromatic N) is 4. The molecule has 2 aromatic carbocycles. The van der Waals surface area contributed by atoms with Crippen LogP contribution < -0.4 is 9.46 Å². The first-order valence-corrected chi connectivity index (χ1v) is 13.7. The third-order valence-electron chi connectivity index (χ3n) is 6.16. The van der Waals surface area contributed by atoms with Gasteiger partial charge < -0.3 is 14.4 Å². The number of carbonyl (C=O) groups is 1. The average Bonchev–Trinajstić information content (AvgIpc) is 3.65. The second-order valence-corrected chi connectivity index (χ2v) is 11.1. The van der Waals surface area contributed by atoms with E-state index in [2.05, 4.69) is 9.82 Å². The number of non-ortho nitro benzene ring substituents is 1. The molecule has 1 N–H and O–H groups in total. The van der Waals surface area contributed by atoms with Crippen molar-refractivity contribution in [2.45, 2.75) is 30.7 Å². The lowest BCUT2D eigenvalue weighted by Gasteiger charge is -2.26. The zero-order valence-corrected chi connectivity index (χ0v) is 21.9. The van der Waals surface area contributed by atoms with Crippen molar-refractivity contribution in [3.8, 4) is 17.3 Å². The van der Waals surface area contributed by atoms with E-state index in [1.807, 2.05) is 0 Å². The smallest absolute Gasteiger partial charge is 0.274 e. The number of hydrogen-bond donors (Lipinski definition) is 1. The number of morpholine rings is 1. The molecule has 0 unspecified atom stereocenters. The molecule has 12 nitrogen and oxygen atoms in total. The predicted octanol–water partition coefficient (Wildman–Crippen LogP) is 3.45. The van der Waals surface area contributed by atoms with Crippen LogP contribution in [0.15, 0.2) is 47.4 Å². The lowest BCUT2D eigenvalue weighted by atomic mass is 10.2. The van der Waals surface area contributed by atoms with Crippen LogP contribution in [-0.2, 0) is 14.8 Å². The number of halogens is 1. The standard InChI is InChI=1S/C24H24ClN5O7S/c1-15-22(23(31)28-9-11-36-12-10-28)26-29(18-4-2-3-16(25)13-18)24(15)37-20-8-7-19(30(32)33)14-21(20)38(34,35)27-17-5-6-17/h2-4,7-8,13-14,17,27H,5-6,9-12H2,1H3. The molecule has 1 aromatic heterocycles. The number of carbonyl (C=O) groups excluding carboxylic acids is 1. The van der Waals surface area contributed by atoms with Crippen LogP contribution in [0.1, 0.15) is 28.9 Å². The summed E-state index contributed by atoms with van der Waals surface area (Å²) in [4.78, 5) is 25.3. The molecule has 0 spiro atoms. The summed E-state index contributed by atoms with van der Waals surface area (Å²) in [6.45, 7) is 3.24. The second-order valence-electron chi connectivity index (χ2n) is 8.96. The van der Waals surface area contributed by atoms with E-state index < -0.39 is 25.5 Å². The Kier molecular flexibility index (Phi) is 7.09. The van der Waals surface area contributed by atoms with Gasteiger partial charge in [0, 0.05) is 41.9 Å². The lowest BCUT2D eigenvalue weighted by molar-refractivity contribution is -0.385. The fourth-order valence-electron chi connectivity index (χ4n) is 4.00. The van der Waals surface area contributed by atoms with Crippen LogP contribution in [0.3, 0.4) is 0 Å². The molecule has 1 aliphatic heterocycles. The molecule has 14 heteroatoms. The zero-order chi connectivity index (χ0) is 27.0. The summed E-state index contributed by atoms with van der Waals surface area (Å²) in [7, 11) is -4.15. The van der Waals surface area contributed by atoms with Crippen LogP contribution in [0.25, 0.3) is 5.69 Å². The summed E-state index contributed by atoms with van der Waals surface area (Å²) in [6.07, 6.45) is 1.36. The van der Waals surface area contributed by atoms with Gasteiger partial charge in [0.1, 0.15) is 10.6 Å². The summed E-state index contributed by atoms with van der Waals surface area (Å²) >= 11 is 6.20. The molecular weight excluding hydrogens is 538 g/mol.